The quantitative estimate of drug-likeness (QED) is 0.0149. The van der Waals surface area contributed by atoms with Crippen LogP contribution < -0.4 is 63.8 Å². The van der Waals surface area contributed by atoms with Gasteiger partial charge < -0.3 is 83.8 Å². The number of carboxylic acids is 1. The first-order chi connectivity index (χ1) is 53.9. The molecule has 31 nitrogen and oxygen atoms in total. The zero-order chi connectivity index (χ0) is 82.4. The molecule has 0 spiro atoms. The van der Waals surface area contributed by atoms with Gasteiger partial charge in [-0.05, 0) is 132 Å². The van der Waals surface area contributed by atoms with Crippen LogP contribution in [0.25, 0.3) is 10.8 Å². The van der Waals surface area contributed by atoms with Crippen molar-refractivity contribution in [2.45, 2.75) is 186 Å². The molecule has 13 amide bonds. The number of pyridine rings is 1. The molecule has 1 aromatic heterocycles. The van der Waals surface area contributed by atoms with Crippen LogP contribution in [0.4, 0.5) is 11.4 Å². The van der Waals surface area contributed by atoms with E-state index in [4.69, 9.17) is 11.6 Å². The third kappa shape index (κ3) is 28.5. The second kappa shape index (κ2) is 43.8. The van der Waals surface area contributed by atoms with E-state index in [-0.39, 0.29) is 88.1 Å². The molecule has 113 heavy (non-hydrogen) atoms. The summed E-state index contributed by atoms with van der Waals surface area (Å²) in [7, 11) is 1.17. The Bertz CT molecular complexity index is 4310. The van der Waals surface area contributed by atoms with Crippen LogP contribution in [0.15, 0.2) is 140 Å². The van der Waals surface area contributed by atoms with Crippen LogP contribution in [0.3, 0.4) is 0 Å². The van der Waals surface area contributed by atoms with Crippen LogP contribution in [0.2, 0.25) is 5.02 Å². The predicted octanol–water partition coefficient (Wildman–Crippen LogP) is 3.03. The number of amides is 13. The maximum absolute atomic E-state index is 15.3. The lowest BCUT2D eigenvalue weighted by atomic mass is 9.99. The number of likely N-dealkylation sites (tertiary alicyclic amines) is 1. The van der Waals surface area contributed by atoms with Crippen LogP contribution in [0, 0.1) is 5.92 Å². The number of aliphatic hydroxyl groups is 1. The third-order valence-electron chi connectivity index (χ3n) is 18.6. The number of anilines is 2. The SMILES string of the molecule is CC(=O)Nc1ccc(C[C@H](NC(=O)[C@H](CO)NC(=O)[C@@H](Cc2cccnc2)NC(=O)[C@@H](Cc2ccc(Cl)cc2)NC(=O)[C@@H](Cc2ccc3ccccc3c2)NC(C)=O)C(=O)N[C@H](Cc2ccc(NC(C)=O)cc2)C(=O)N[C@@H](CC(C)C)C(=O)N[C@@H](CCCCNC(C)C)C(=O)N2CCC[C@H]2C(=O)NC(C(=O)O)N(C)C=O)cc1. The van der Waals surface area contributed by atoms with Crippen LogP contribution in [-0.2, 0) is 99.2 Å². The highest BCUT2D eigenvalue weighted by atomic mass is 35.5. The molecule has 32 heteroatoms. The number of unbranched alkanes of at least 4 members (excludes halogenated alkanes) is 1. The van der Waals surface area contributed by atoms with Crippen molar-refractivity contribution in [2.75, 3.05) is 37.4 Å². The maximum Gasteiger partial charge on any atom is 0.347 e. The van der Waals surface area contributed by atoms with E-state index in [2.05, 4.69) is 68.8 Å². The van der Waals surface area contributed by atoms with Crippen molar-refractivity contribution >= 4 is 117 Å². The number of carbonyl (C=O) groups is 14. The number of rotatable bonds is 42. The Kier molecular flexibility index (Phi) is 34.3. The Balaban J connectivity index is 1.18. The number of likely N-dealkylation sites (N-methyl/N-ethyl adjacent to an activating group) is 1. The Labute approximate surface area is 660 Å². The summed E-state index contributed by atoms with van der Waals surface area (Å²) < 4.78 is 0. The van der Waals surface area contributed by atoms with Crippen molar-refractivity contribution in [3.63, 3.8) is 0 Å². The van der Waals surface area contributed by atoms with E-state index in [1.54, 1.807) is 86.6 Å². The van der Waals surface area contributed by atoms with Gasteiger partial charge in [-0.15, -0.1) is 0 Å². The van der Waals surface area contributed by atoms with Gasteiger partial charge in [0.25, 0.3) is 0 Å². The number of nitrogens with zero attached hydrogens (tertiary/aromatic N) is 3. The largest absolute Gasteiger partial charge is 0.478 e. The molecule has 2 heterocycles. The predicted molar refractivity (Wildman–Crippen MR) is 422 cm³/mol. The number of aromatic nitrogens is 1. The van der Waals surface area contributed by atoms with Crippen molar-refractivity contribution in [3.05, 3.63) is 173 Å². The smallest absolute Gasteiger partial charge is 0.347 e. The molecule has 1 aliphatic rings. The zero-order valence-corrected chi connectivity index (χ0v) is 65.3. The maximum atomic E-state index is 15.3. The van der Waals surface area contributed by atoms with Gasteiger partial charge in [-0.3, -0.25) is 67.3 Å². The molecule has 0 bridgehead atoms. The van der Waals surface area contributed by atoms with Crippen molar-refractivity contribution in [1.82, 2.24) is 68.0 Å². The van der Waals surface area contributed by atoms with Gasteiger partial charge in [0, 0.05) is 101 Å². The Morgan fingerprint density at radius 1 is 0.522 bits per heavy atom. The summed E-state index contributed by atoms with van der Waals surface area (Å²) in [4.78, 5) is 200. The number of aliphatic carboxylic acids is 1. The normalized spacial score (nSPS) is 14.9. The fourth-order valence-corrected chi connectivity index (χ4v) is 13.0. The third-order valence-corrected chi connectivity index (χ3v) is 18.8. The summed E-state index contributed by atoms with van der Waals surface area (Å²) in [6.07, 6.45) is 1.80. The Morgan fingerprint density at radius 2 is 0.973 bits per heavy atom. The molecule has 0 saturated carbocycles. The monoisotopic (exact) mass is 1580 g/mol. The van der Waals surface area contributed by atoms with Gasteiger partial charge in [-0.2, -0.15) is 0 Å². The van der Waals surface area contributed by atoms with Gasteiger partial charge in [0.05, 0.1) is 6.61 Å². The van der Waals surface area contributed by atoms with Gasteiger partial charge in [0.1, 0.15) is 54.4 Å². The molecule has 0 aliphatic carbocycles. The molecule has 604 valence electrons. The highest BCUT2D eigenvalue weighted by Crippen LogP contribution is 2.23. The number of fused-ring (bicyclic) bond motifs is 1. The minimum absolute atomic E-state index is 0.0191. The lowest BCUT2D eigenvalue weighted by molar-refractivity contribution is -0.150. The number of benzene rings is 5. The zero-order valence-electron chi connectivity index (χ0n) is 64.5. The second-order valence-electron chi connectivity index (χ2n) is 28.8. The molecule has 5 aromatic carbocycles. The highest BCUT2D eigenvalue weighted by Gasteiger charge is 2.41. The topological polar surface area (TPSA) is 443 Å². The Morgan fingerprint density at radius 3 is 1.44 bits per heavy atom. The highest BCUT2D eigenvalue weighted by molar-refractivity contribution is 6.30. The molecular weight excluding hydrogens is 1470 g/mol. The van der Waals surface area contributed by atoms with Crippen molar-refractivity contribution in [3.8, 4) is 0 Å². The minimum Gasteiger partial charge on any atom is -0.478 e. The first-order valence-corrected chi connectivity index (χ1v) is 37.8. The number of nitrogens with one attached hydrogen (secondary N) is 12. The summed E-state index contributed by atoms with van der Waals surface area (Å²) in [5.41, 5.74) is 3.24. The molecule has 14 N–H and O–H groups in total. The summed E-state index contributed by atoms with van der Waals surface area (Å²) >= 11 is 6.26. The molecule has 1 aliphatic heterocycles. The first kappa shape index (κ1) is 88.5. The van der Waals surface area contributed by atoms with Gasteiger partial charge >= 0.3 is 5.97 Å². The second-order valence-corrected chi connectivity index (χ2v) is 29.2. The van der Waals surface area contributed by atoms with Crippen molar-refractivity contribution in [1.29, 1.82) is 0 Å². The fourth-order valence-electron chi connectivity index (χ4n) is 12.9. The van der Waals surface area contributed by atoms with Crippen molar-refractivity contribution < 1.29 is 77.3 Å². The Hall–Kier alpha value is -11.7. The van der Waals surface area contributed by atoms with Crippen LogP contribution >= 0.6 is 11.6 Å². The number of halogens is 1. The van der Waals surface area contributed by atoms with Crippen LogP contribution in [0.1, 0.15) is 115 Å². The van der Waals surface area contributed by atoms with E-state index < -0.39 is 132 Å². The summed E-state index contributed by atoms with van der Waals surface area (Å²) in [5.74, 6) is -11.2. The molecule has 6 aromatic rings. The average Bonchev–Trinajstić information content (AvgIpc) is 1.80. The molecular formula is C81H102ClN15O16. The minimum atomic E-state index is -1.87. The number of carbonyl (C=O) groups excluding carboxylic acids is 13. The first-order valence-electron chi connectivity index (χ1n) is 37.5. The molecule has 10 atom stereocenters. The molecule has 1 unspecified atom stereocenters. The van der Waals surface area contributed by atoms with E-state index in [9.17, 15) is 67.7 Å². The van der Waals surface area contributed by atoms with E-state index in [0.717, 1.165) is 15.7 Å². The number of carboxylic acid groups (broad SMARTS) is 1. The molecule has 0 radical (unpaired) electrons. The summed E-state index contributed by atoms with van der Waals surface area (Å²) in [6, 6.07) is 22.2. The number of hydrogen-bond acceptors (Lipinski definition) is 17. The van der Waals surface area contributed by atoms with E-state index in [1.807, 2.05) is 56.3 Å². The lowest BCUT2D eigenvalue weighted by Gasteiger charge is -2.31. The van der Waals surface area contributed by atoms with E-state index in [0.29, 0.717) is 70.0 Å². The number of hydrogen-bond donors (Lipinski definition) is 14. The van der Waals surface area contributed by atoms with E-state index >= 15 is 9.59 Å². The van der Waals surface area contributed by atoms with Gasteiger partial charge in [-0.25, -0.2) is 4.79 Å². The van der Waals surface area contributed by atoms with Crippen molar-refractivity contribution in [2.24, 2.45) is 5.92 Å². The molecule has 1 saturated heterocycles. The van der Waals surface area contributed by atoms with Gasteiger partial charge in [0.2, 0.25) is 83.5 Å². The van der Waals surface area contributed by atoms with Crippen LogP contribution in [-0.4, -0.2) is 202 Å². The lowest BCUT2D eigenvalue weighted by Crippen LogP contribution is -2.62. The average molecular weight is 1580 g/mol. The van der Waals surface area contributed by atoms with Crippen LogP contribution in [0.5, 0.6) is 0 Å². The van der Waals surface area contributed by atoms with E-state index in [1.165, 1.54) is 57.2 Å². The molecule has 1 fully saturated rings. The number of aliphatic hydroxyl groups excluding tert-OH is 1. The standard InChI is InChI=1S/C81H102ClN15O16/c1-47(2)37-63(72(103)88-62(18-11-12-35-84-48(3)4)80(111)97-36-14-19-70(97)79(110)95-71(81(112)113)96(8)46-99)89-74(105)66(40-53-23-30-60(31-24-53)85-49(5)100)91-76(107)67(41-54-25-32-61(33-26-54)86-50(6)101)93-78(109)69(45-98)94-77(108)68(43-56-15-13-34-83-44-56)92-75(106)65(39-52-21-28-59(82)29-22-52)90-73(104)64(87-51(7)102)42-55-20-27-57-16-9-10-17-58(57)38-55/h9-10,13,15-17,20-34,38,44,46-48,62-71,84,98H,11-12,14,18-19,35-37,39-43,45H2,1-8H3,(H,85,100)(H,86,101)(H,87,102)(H,88,103)(H,89,105)(H,90,104)(H,91,107)(H,92,106)(H,93,109)(H,94,108)(H,95,110)(H,112,113)/t62-,63-,64+,65+,66+,67-,68+,69-,70-,71?/m0/s1. The molecule has 7 rings (SSSR count). The summed E-state index contributed by atoms with van der Waals surface area (Å²) in [6.45, 7) is 10.9. The summed E-state index contributed by atoms with van der Waals surface area (Å²) in [5, 5.41) is 55.9. The fraction of sp³-hybridized carbons (Fsp3) is 0.420. The van der Waals surface area contributed by atoms with Gasteiger partial charge in [-0.1, -0.05) is 124 Å². The van der Waals surface area contributed by atoms with Gasteiger partial charge in [0.15, 0.2) is 0 Å².